The molecule has 1 atom stereocenters. The molecule has 0 aliphatic rings. The first-order valence-corrected chi connectivity index (χ1v) is 8.28. The minimum absolute atomic E-state index is 0.341. The molecule has 1 nitrogen and oxygen atoms in total. The van der Waals surface area contributed by atoms with E-state index in [2.05, 4.69) is 37.3 Å². The molecule has 0 aliphatic carbocycles. The first-order valence-electron chi connectivity index (χ1n) is 7.46. The third kappa shape index (κ3) is 6.36. The van der Waals surface area contributed by atoms with Crippen molar-refractivity contribution in [2.45, 2.75) is 64.4 Å². The standard InChI is InChI=1S/C16H28OSi/c1-2-3-4-5-6-7-11-14-16(17-18)15-12-9-8-10-13-15/h8-10,12-13,16H,2-7,11,14H2,1,18H3. The van der Waals surface area contributed by atoms with Gasteiger partial charge in [-0.15, -0.1) is 0 Å². The van der Waals surface area contributed by atoms with Gasteiger partial charge in [0, 0.05) is 0 Å². The van der Waals surface area contributed by atoms with Crippen molar-refractivity contribution in [3.05, 3.63) is 35.9 Å². The molecule has 1 rings (SSSR count). The summed E-state index contributed by atoms with van der Waals surface area (Å²) in [6, 6.07) is 10.6. The molecule has 0 bridgehead atoms. The van der Waals surface area contributed by atoms with Gasteiger partial charge in [-0.05, 0) is 12.0 Å². The van der Waals surface area contributed by atoms with E-state index in [9.17, 15) is 0 Å². The molecule has 1 aromatic carbocycles. The van der Waals surface area contributed by atoms with Crippen molar-refractivity contribution in [3.8, 4) is 0 Å². The van der Waals surface area contributed by atoms with Crippen molar-refractivity contribution in [3.63, 3.8) is 0 Å². The van der Waals surface area contributed by atoms with E-state index >= 15 is 0 Å². The van der Waals surface area contributed by atoms with Crippen molar-refractivity contribution >= 4 is 10.5 Å². The topological polar surface area (TPSA) is 9.23 Å². The Kier molecular flexibility index (Phi) is 8.87. The first kappa shape index (κ1) is 15.5. The highest BCUT2D eigenvalue weighted by Crippen LogP contribution is 2.23. The fourth-order valence-corrected chi connectivity index (χ4v) is 2.88. The quantitative estimate of drug-likeness (QED) is 0.455. The zero-order valence-electron chi connectivity index (χ0n) is 12.0. The molecule has 102 valence electrons. The Bertz CT molecular complexity index is 286. The highest BCUT2D eigenvalue weighted by Gasteiger charge is 2.08. The van der Waals surface area contributed by atoms with Gasteiger partial charge >= 0.3 is 0 Å². The van der Waals surface area contributed by atoms with E-state index in [0.717, 1.165) is 10.5 Å². The summed E-state index contributed by atoms with van der Waals surface area (Å²) in [6.45, 7) is 2.27. The molecule has 0 aromatic heterocycles. The summed E-state index contributed by atoms with van der Waals surface area (Å²) < 4.78 is 5.72. The first-order chi connectivity index (χ1) is 8.88. The molecule has 2 heteroatoms. The Labute approximate surface area is 115 Å². The van der Waals surface area contributed by atoms with E-state index in [0.29, 0.717) is 6.10 Å². The molecule has 1 unspecified atom stereocenters. The number of benzene rings is 1. The predicted octanol–water partition coefficient (Wildman–Crippen LogP) is 4.17. The molecule has 1 aromatic rings. The number of rotatable bonds is 10. The van der Waals surface area contributed by atoms with Crippen LogP contribution in [0.3, 0.4) is 0 Å². The molecule has 0 saturated carbocycles. The van der Waals surface area contributed by atoms with Crippen LogP contribution >= 0.6 is 0 Å². The van der Waals surface area contributed by atoms with Crippen LogP contribution in [0.4, 0.5) is 0 Å². The van der Waals surface area contributed by atoms with Crippen LogP contribution in [0.1, 0.15) is 70.0 Å². The lowest BCUT2D eigenvalue weighted by Crippen LogP contribution is -2.02. The molecular weight excluding hydrogens is 236 g/mol. The smallest absolute Gasteiger partial charge is 0.146 e. The van der Waals surface area contributed by atoms with Gasteiger partial charge in [0.05, 0.1) is 6.10 Å². The van der Waals surface area contributed by atoms with Crippen LogP contribution in [-0.2, 0) is 4.43 Å². The molecule has 0 N–H and O–H groups in total. The summed E-state index contributed by atoms with van der Waals surface area (Å²) in [7, 11) is 0.828. The van der Waals surface area contributed by atoms with Gasteiger partial charge in [-0.25, -0.2) is 0 Å². The van der Waals surface area contributed by atoms with Gasteiger partial charge in [0.15, 0.2) is 0 Å². The van der Waals surface area contributed by atoms with Crippen molar-refractivity contribution < 1.29 is 4.43 Å². The van der Waals surface area contributed by atoms with E-state index in [1.807, 2.05) is 0 Å². The molecule has 0 heterocycles. The summed E-state index contributed by atoms with van der Waals surface area (Å²) in [5.41, 5.74) is 1.35. The normalized spacial score (nSPS) is 12.7. The average Bonchev–Trinajstić information content (AvgIpc) is 2.43. The summed E-state index contributed by atoms with van der Waals surface area (Å²) in [4.78, 5) is 0. The fraction of sp³-hybridized carbons (Fsp3) is 0.625. The van der Waals surface area contributed by atoms with E-state index in [4.69, 9.17) is 4.43 Å². The summed E-state index contributed by atoms with van der Waals surface area (Å²) in [5, 5.41) is 0. The number of hydrogen-bond donors (Lipinski definition) is 0. The van der Waals surface area contributed by atoms with Crippen LogP contribution in [0.25, 0.3) is 0 Å². The summed E-state index contributed by atoms with van der Waals surface area (Å²) in [6.07, 6.45) is 11.1. The fourth-order valence-electron chi connectivity index (χ4n) is 2.38. The van der Waals surface area contributed by atoms with Crippen LogP contribution < -0.4 is 0 Å². The molecule has 0 spiro atoms. The average molecular weight is 264 g/mol. The minimum atomic E-state index is 0.341. The lowest BCUT2D eigenvalue weighted by Gasteiger charge is -2.16. The molecule has 0 fully saturated rings. The van der Waals surface area contributed by atoms with E-state index in [1.54, 1.807) is 0 Å². The Hall–Kier alpha value is -0.603. The van der Waals surface area contributed by atoms with Gasteiger partial charge < -0.3 is 4.43 Å². The van der Waals surface area contributed by atoms with Crippen LogP contribution in [0, 0.1) is 0 Å². The zero-order chi connectivity index (χ0) is 13.1. The molecule has 0 saturated heterocycles. The van der Waals surface area contributed by atoms with E-state index in [-0.39, 0.29) is 0 Å². The van der Waals surface area contributed by atoms with Gasteiger partial charge in [0.2, 0.25) is 0 Å². The van der Waals surface area contributed by atoms with E-state index in [1.165, 1.54) is 56.9 Å². The van der Waals surface area contributed by atoms with Crippen LogP contribution in [0.15, 0.2) is 30.3 Å². The Balaban J connectivity index is 2.13. The lowest BCUT2D eigenvalue weighted by atomic mass is 10.0. The second kappa shape index (κ2) is 10.3. The zero-order valence-corrected chi connectivity index (χ0v) is 14.0. The number of hydrogen-bond acceptors (Lipinski definition) is 1. The highest BCUT2D eigenvalue weighted by atomic mass is 28.2. The Morgan fingerprint density at radius 2 is 1.56 bits per heavy atom. The molecule has 0 aliphatic heterocycles. The molecular formula is C16H28OSi. The largest absolute Gasteiger partial charge is 0.421 e. The summed E-state index contributed by atoms with van der Waals surface area (Å²) in [5.74, 6) is 0. The van der Waals surface area contributed by atoms with Gasteiger partial charge in [0.25, 0.3) is 0 Å². The van der Waals surface area contributed by atoms with Gasteiger partial charge in [-0.1, -0.05) is 82.2 Å². The maximum absolute atomic E-state index is 5.72. The minimum Gasteiger partial charge on any atom is -0.421 e. The Morgan fingerprint density at radius 1 is 0.944 bits per heavy atom. The third-order valence-electron chi connectivity index (χ3n) is 3.53. The van der Waals surface area contributed by atoms with Crippen molar-refractivity contribution in [1.29, 1.82) is 0 Å². The molecule has 0 amide bonds. The van der Waals surface area contributed by atoms with Crippen molar-refractivity contribution in [2.24, 2.45) is 0 Å². The maximum atomic E-state index is 5.72. The van der Waals surface area contributed by atoms with Crippen LogP contribution in [0.2, 0.25) is 0 Å². The van der Waals surface area contributed by atoms with E-state index < -0.39 is 0 Å². The van der Waals surface area contributed by atoms with Crippen LogP contribution in [0.5, 0.6) is 0 Å². The van der Waals surface area contributed by atoms with Crippen LogP contribution in [-0.4, -0.2) is 10.5 Å². The Morgan fingerprint density at radius 3 is 2.17 bits per heavy atom. The monoisotopic (exact) mass is 264 g/mol. The highest BCUT2D eigenvalue weighted by molar-refractivity contribution is 5.98. The maximum Gasteiger partial charge on any atom is 0.146 e. The molecule has 18 heavy (non-hydrogen) atoms. The van der Waals surface area contributed by atoms with Crippen molar-refractivity contribution in [2.75, 3.05) is 0 Å². The number of unbranched alkanes of at least 4 members (excludes halogenated alkanes) is 6. The van der Waals surface area contributed by atoms with Gasteiger partial charge in [0.1, 0.15) is 10.5 Å². The summed E-state index contributed by atoms with van der Waals surface area (Å²) >= 11 is 0. The SMILES string of the molecule is CCCCCCCCCC(O[SiH3])c1ccccc1. The third-order valence-corrected chi connectivity index (χ3v) is 4.09. The van der Waals surface area contributed by atoms with Gasteiger partial charge in [-0.3, -0.25) is 0 Å². The lowest BCUT2D eigenvalue weighted by molar-refractivity contribution is 0.209. The predicted molar refractivity (Wildman–Crippen MR) is 82.8 cm³/mol. The second-order valence-electron chi connectivity index (χ2n) is 5.05. The van der Waals surface area contributed by atoms with Crippen molar-refractivity contribution in [1.82, 2.24) is 0 Å². The molecule has 0 radical (unpaired) electrons. The second-order valence-corrected chi connectivity index (χ2v) is 5.52. The van der Waals surface area contributed by atoms with Gasteiger partial charge in [-0.2, -0.15) is 0 Å².